The number of sulfone groups is 1. The molecule has 1 aliphatic heterocycles. The number of benzene rings is 1. The standard InChI is InChI=1S/C26H33ClFN3O5S2/c1-16(21-9-10-22(27)37-21)15-38(34,35)23(14-36-26(2,3)4)29-19-11-12-31(25(19)33)20-8-7-17(13-18(20)28)24(32)30(5)6/h7-10,13,16,19H,11-12,14-15H2,1-6H3/t16?,19-/m0/s1. The van der Waals surface area contributed by atoms with Crippen molar-refractivity contribution >= 4 is 55.3 Å². The molecule has 1 aromatic heterocycles. The zero-order valence-corrected chi connectivity index (χ0v) is 24.7. The summed E-state index contributed by atoms with van der Waals surface area (Å²) in [5, 5.41) is -0.213. The zero-order chi connectivity index (χ0) is 28.4. The van der Waals surface area contributed by atoms with Crippen molar-refractivity contribution in [2.75, 3.05) is 37.9 Å². The molecule has 1 fully saturated rings. The first kappa shape index (κ1) is 30.2. The normalized spacial score (nSPS) is 17.7. The molecule has 12 heteroatoms. The molecular weight excluding hydrogens is 553 g/mol. The first-order chi connectivity index (χ1) is 17.6. The van der Waals surface area contributed by atoms with E-state index in [1.54, 1.807) is 53.9 Å². The van der Waals surface area contributed by atoms with Crippen LogP contribution in [0, 0.1) is 5.82 Å². The number of rotatable bonds is 8. The SMILES string of the molecule is CC(CS(=O)(=O)C(COC(C)(C)C)=N[C@H]1CCN(c2ccc(C(=O)N(C)C)cc2F)C1=O)c1ccc(Cl)s1. The number of halogens is 2. The van der Waals surface area contributed by atoms with Crippen molar-refractivity contribution in [2.24, 2.45) is 4.99 Å². The van der Waals surface area contributed by atoms with E-state index in [9.17, 15) is 22.4 Å². The molecule has 0 spiro atoms. The van der Waals surface area contributed by atoms with Gasteiger partial charge in [0.2, 0.25) is 0 Å². The van der Waals surface area contributed by atoms with Crippen LogP contribution in [-0.4, -0.2) is 74.8 Å². The van der Waals surface area contributed by atoms with Crippen LogP contribution in [0.3, 0.4) is 0 Å². The minimum absolute atomic E-state index is 0.0153. The summed E-state index contributed by atoms with van der Waals surface area (Å²) in [5.74, 6) is -2.17. The number of ether oxygens (including phenoxy) is 1. The fourth-order valence-corrected chi connectivity index (χ4v) is 6.68. The summed E-state index contributed by atoms with van der Waals surface area (Å²) < 4.78 is 48.1. The van der Waals surface area contributed by atoms with Gasteiger partial charge in [-0.15, -0.1) is 11.3 Å². The Kier molecular flexibility index (Phi) is 9.39. The van der Waals surface area contributed by atoms with Gasteiger partial charge in [-0.05, 0) is 57.5 Å². The van der Waals surface area contributed by atoms with Gasteiger partial charge >= 0.3 is 0 Å². The highest BCUT2D eigenvalue weighted by Crippen LogP contribution is 2.30. The van der Waals surface area contributed by atoms with Crippen molar-refractivity contribution in [3.05, 3.63) is 50.9 Å². The van der Waals surface area contributed by atoms with E-state index in [4.69, 9.17) is 16.3 Å². The second-order valence-corrected chi connectivity index (χ2v) is 14.2. The van der Waals surface area contributed by atoms with E-state index in [2.05, 4.69) is 4.99 Å². The van der Waals surface area contributed by atoms with Gasteiger partial charge in [-0.25, -0.2) is 12.8 Å². The minimum atomic E-state index is -3.91. The average molecular weight is 586 g/mol. The molecule has 1 aliphatic rings. The van der Waals surface area contributed by atoms with E-state index >= 15 is 0 Å². The summed E-state index contributed by atoms with van der Waals surface area (Å²) in [4.78, 5) is 33.1. The number of hydrogen-bond acceptors (Lipinski definition) is 7. The second-order valence-electron chi connectivity index (χ2n) is 10.4. The molecule has 38 heavy (non-hydrogen) atoms. The van der Waals surface area contributed by atoms with E-state index in [0.29, 0.717) is 4.34 Å². The summed E-state index contributed by atoms with van der Waals surface area (Å²) in [6.07, 6.45) is 0.210. The molecule has 2 heterocycles. The van der Waals surface area contributed by atoms with Gasteiger partial charge < -0.3 is 14.5 Å². The van der Waals surface area contributed by atoms with Crippen molar-refractivity contribution in [1.82, 2.24) is 4.90 Å². The van der Waals surface area contributed by atoms with Gasteiger partial charge in [0, 0.05) is 37.0 Å². The average Bonchev–Trinajstić information content (AvgIpc) is 3.40. The molecular formula is C26H33ClFN3O5S2. The van der Waals surface area contributed by atoms with Gasteiger partial charge in [0.15, 0.2) is 14.9 Å². The molecule has 3 rings (SSSR count). The third-order valence-corrected chi connectivity index (χ3v) is 9.25. The number of hydrogen-bond donors (Lipinski definition) is 0. The Hall–Kier alpha value is -2.34. The Bertz CT molecular complexity index is 1330. The molecule has 1 saturated heterocycles. The second kappa shape index (κ2) is 11.8. The van der Waals surface area contributed by atoms with Crippen molar-refractivity contribution in [3.8, 4) is 0 Å². The number of amides is 2. The number of nitrogens with zero attached hydrogens (tertiary/aromatic N) is 3. The first-order valence-corrected chi connectivity index (χ1v) is 14.9. The van der Waals surface area contributed by atoms with E-state index in [1.807, 2.05) is 0 Å². The number of carbonyl (C=O) groups excluding carboxylic acids is 2. The zero-order valence-electron chi connectivity index (χ0n) is 22.3. The van der Waals surface area contributed by atoms with Crippen LogP contribution in [-0.2, 0) is 19.4 Å². The van der Waals surface area contributed by atoms with Crippen molar-refractivity contribution in [2.45, 2.75) is 51.7 Å². The topological polar surface area (TPSA) is 96.3 Å². The summed E-state index contributed by atoms with van der Waals surface area (Å²) >= 11 is 7.33. The maximum atomic E-state index is 14.9. The fraction of sp³-hybridized carbons (Fsp3) is 0.500. The molecule has 1 aromatic carbocycles. The van der Waals surface area contributed by atoms with Crippen LogP contribution in [0.2, 0.25) is 4.34 Å². The summed E-state index contributed by atoms with van der Waals surface area (Å²) in [5.41, 5.74) is -0.461. The van der Waals surface area contributed by atoms with Crippen LogP contribution >= 0.6 is 22.9 Å². The minimum Gasteiger partial charge on any atom is -0.369 e. The maximum Gasteiger partial charge on any atom is 0.253 e. The third-order valence-electron chi connectivity index (χ3n) is 5.91. The first-order valence-electron chi connectivity index (χ1n) is 12.1. The third kappa shape index (κ3) is 7.40. The monoisotopic (exact) mass is 585 g/mol. The highest BCUT2D eigenvalue weighted by atomic mass is 35.5. The number of thiophene rings is 1. The molecule has 2 amide bonds. The Labute approximate surface area is 232 Å². The lowest BCUT2D eigenvalue weighted by Crippen LogP contribution is -2.34. The molecule has 0 radical (unpaired) electrons. The molecule has 1 unspecified atom stereocenters. The van der Waals surface area contributed by atoms with Crippen molar-refractivity contribution in [3.63, 3.8) is 0 Å². The van der Waals surface area contributed by atoms with E-state index in [-0.39, 0.29) is 53.4 Å². The van der Waals surface area contributed by atoms with E-state index < -0.39 is 33.2 Å². The van der Waals surface area contributed by atoms with Gasteiger partial charge in [0.25, 0.3) is 11.8 Å². The van der Waals surface area contributed by atoms with Crippen molar-refractivity contribution in [1.29, 1.82) is 0 Å². The number of carbonyl (C=O) groups is 2. The van der Waals surface area contributed by atoms with Crippen LogP contribution in [0.25, 0.3) is 0 Å². The quantitative estimate of drug-likeness (QED) is 0.328. The molecule has 8 nitrogen and oxygen atoms in total. The Morgan fingerprint density at radius 1 is 1.29 bits per heavy atom. The number of anilines is 1. The Balaban J connectivity index is 1.87. The van der Waals surface area contributed by atoms with Crippen LogP contribution < -0.4 is 4.90 Å². The van der Waals surface area contributed by atoms with Gasteiger partial charge in [-0.2, -0.15) is 0 Å². The molecule has 2 aromatic rings. The van der Waals surface area contributed by atoms with Crippen LogP contribution in [0.15, 0.2) is 35.3 Å². The number of aliphatic imine (C=N–C) groups is 1. The summed E-state index contributed by atoms with van der Waals surface area (Å²) in [7, 11) is -0.783. The van der Waals surface area contributed by atoms with Gasteiger partial charge in [-0.3, -0.25) is 14.6 Å². The van der Waals surface area contributed by atoms with E-state index in [1.165, 1.54) is 33.3 Å². The molecule has 0 N–H and O–H groups in total. The highest BCUT2D eigenvalue weighted by Gasteiger charge is 2.36. The molecule has 0 bridgehead atoms. The lowest BCUT2D eigenvalue weighted by Gasteiger charge is -2.21. The molecule has 208 valence electrons. The highest BCUT2D eigenvalue weighted by molar-refractivity contribution is 8.06. The summed E-state index contributed by atoms with van der Waals surface area (Å²) in [6, 6.07) is 6.43. The van der Waals surface area contributed by atoms with Crippen LogP contribution in [0.4, 0.5) is 10.1 Å². The maximum absolute atomic E-state index is 14.9. The van der Waals surface area contributed by atoms with Gasteiger partial charge in [0.1, 0.15) is 18.5 Å². The predicted octanol–water partition coefficient (Wildman–Crippen LogP) is 4.78. The molecule has 0 aliphatic carbocycles. The van der Waals surface area contributed by atoms with E-state index in [0.717, 1.165) is 10.9 Å². The smallest absolute Gasteiger partial charge is 0.253 e. The predicted molar refractivity (Wildman–Crippen MR) is 150 cm³/mol. The van der Waals surface area contributed by atoms with Crippen molar-refractivity contribution < 1.29 is 27.1 Å². The molecule has 2 atom stereocenters. The Morgan fingerprint density at radius 3 is 2.53 bits per heavy atom. The largest absolute Gasteiger partial charge is 0.369 e. The van der Waals surface area contributed by atoms with Crippen LogP contribution in [0.1, 0.15) is 55.3 Å². The van der Waals surface area contributed by atoms with Gasteiger partial charge in [-0.1, -0.05) is 18.5 Å². The van der Waals surface area contributed by atoms with Crippen LogP contribution in [0.5, 0.6) is 0 Å². The lowest BCUT2D eigenvalue weighted by molar-refractivity contribution is -0.118. The Morgan fingerprint density at radius 2 is 1.97 bits per heavy atom. The fourth-order valence-electron chi connectivity index (χ4n) is 3.90. The van der Waals surface area contributed by atoms with Gasteiger partial charge in [0.05, 0.1) is 21.4 Å². The molecule has 0 saturated carbocycles. The summed E-state index contributed by atoms with van der Waals surface area (Å²) in [6.45, 7) is 7.04. The lowest BCUT2D eigenvalue weighted by atomic mass is 10.1.